The predicted molar refractivity (Wildman–Crippen MR) is 80.5 cm³/mol. The van der Waals surface area contributed by atoms with Gasteiger partial charge in [-0.3, -0.25) is 14.6 Å². The molecule has 1 saturated heterocycles. The number of carbonyl (C=O) groups excluding carboxylic acids is 1. The molecule has 1 aromatic carbocycles. The third-order valence-electron chi connectivity index (χ3n) is 3.62. The van der Waals surface area contributed by atoms with Crippen molar-refractivity contribution in [2.24, 2.45) is 0 Å². The first-order chi connectivity index (χ1) is 10.1. The van der Waals surface area contributed by atoms with Crippen LogP contribution in [0.3, 0.4) is 0 Å². The molecule has 2 rings (SSSR count). The van der Waals surface area contributed by atoms with Gasteiger partial charge in [0, 0.05) is 38.4 Å². The molecule has 0 spiro atoms. The van der Waals surface area contributed by atoms with Gasteiger partial charge in [-0.2, -0.15) is 0 Å². The molecule has 1 aromatic rings. The van der Waals surface area contributed by atoms with Gasteiger partial charge in [0.25, 0.3) is 0 Å². The zero-order valence-corrected chi connectivity index (χ0v) is 12.2. The zero-order chi connectivity index (χ0) is 15.2. The fraction of sp³-hybridized carbons (Fsp3) is 0.467. The Bertz CT molecular complexity index is 484. The Labute approximate surface area is 124 Å². The number of urea groups is 1. The van der Waals surface area contributed by atoms with Crippen LogP contribution in [0.4, 0.5) is 10.5 Å². The molecule has 2 amide bonds. The van der Waals surface area contributed by atoms with E-state index < -0.39 is 5.97 Å². The van der Waals surface area contributed by atoms with E-state index in [2.05, 4.69) is 0 Å². The molecule has 0 unspecified atom stereocenters. The van der Waals surface area contributed by atoms with E-state index >= 15 is 0 Å². The van der Waals surface area contributed by atoms with Crippen molar-refractivity contribution in [2.75, 3.05) is 44.2 Å². The number of anilines is 1. The van der Waals surface area contributed by atoms with E-state index in [1.807, 2.05) is 42.2 Å². The second-order valence-electron chi connectivity index (χ2n) is 5.02. The van der Waals surface area contributed by atoms with Crippen molar-refractivity contribution in [2.45, 2.75) is 6.92 Å². The number of piperazine rings is 1. The molecule has 1 aliphatic rings. The lowest BCUT2D eigenvalue weighted by molar-refractivity contribution is -0.138. The summed E-state index contributed by atoms with van der Waals surface area (Å²) in [6.07, 6.45) is 0. The van der Waals surface area contributed by atoms with E-state index in [1.165, 1.54) is 0 Å². The highest BCUT2D eigenvalue weighted by molar-refractivity contribution is 5.92. The lowest BCUT2D eigenvalue weighted by Gasteiger charge is -2.36. The second kappa shape index (κ2) is 7.08. The third-order valence-corrected chi connectivity index (χ3v) is 3.62. The molecule has 21 heavy (non-hydrogen) atoms. The van der Waals surface area contributed by atoms with Crippen molar-refractivity contribution in [3.63, 3.8) is 0 Å². The fourth-order valence-corrected chi connectivity index (χ4v) is 2.50. The predicted octanol–water partition coefficient (Wildman–Crippen LogP) is 1.34. The molecule has 1 N–H and O–H groups in total. The quantitative estimate of drug-likeness (QED) is 0.909. The summed E-state index contributed by atoms with van der Waals surface area (Å²) in [5.41, 5.74) is 0.887. The Hall–Kier alpha value is -2.08. The van der Waals surface area contributed by atoms with Crippen LogP contribution in [-0.4, -0.2) is 66.2 Å². The zero-order valence-electron chi connectivity index (χ0n) is 12.2. The molecule has 6 heteroatoms. The standard InChI is InChI=1S/C15H21N3O3/c1-2-18(13-6-4-3-5-7-13)15(21)17-10-8-16(9-11-17)12-14(19)20/h3-7H,2,8-12H2,1H3,(H,19,20). The Morgan fingerprint density at radius 3 is 2.29 bits per heavy atom. The van der Waals surface area contributed by atoms with Crippen LogP contribution in [0.25, 0.3) is 0 Å². The first-order valence-corrected chi connectivity index (χ1v) is 7.17. The minimum absolute atomic E-state index is 0.0151. The van der Waals surface area contributed by atoms with Crippen molar-refractivity contribution in [3.05, 3.63) is 30.3 Å². The Kier molecular flexibility index (Phi) is 5.16. The summed E-state index contributed by atoms with van der Waals surface area (Å²) in [6, 6.07) is 9.57. The summed E-state index contributed by atoms with van der Waals surface area (Å²) in [7, 11) is 0. The van der Waals surface area contributed by atoms with E-state index in [0.29, 0.717) is 32.7 Å². The highest BCUT2D eigenvalue weighted by Gasteiger charge is 2.25. The number of hydrogen-bond donors (Lipinski definition) is 1. The molecule has 0 aromatic heterocycles. The molecular weight excluding hydrogens is 270 g/mol. The van der Waals surface area contributed by atoms with Gasteiger partial charge in [-0.1, -0.05) is 18.2 Å². The van der Waals surface area contributed by atoms with Crippen molar-refractivity contribution in [1.29, 1.82) is 0 Å². The van der Waals surface area contributed by atoms with Crippen LogP contribution in [0.5, 0.6) is 0 Å². The lowest BCUT2D eigenvalue weighted by Crippen LogP contribution is -2.53. The SMILES string of the molecule is CCN(C(=O)N1CCN(CC(=O)O)CC1)c1ccccc1. The van der Waals surface area contributed by atoms with Gasteiger partial charge >= 0.3 is 12.0 Å². The Morgan fingerprint density at radius 2 is 1.76 bits per heavy atom. The minimum atomic E-state index is -0.825. The largest absolute Gasteiger partial charge is 0.480 e. The monoisotopic (exact) mass is 291 g/mol. The summed E-state index contributed by atoms with van der Waals surface area (Å²) < 4.78 is 0. The Morgan fingerprint density at radius 1 is 1.14 bits per heavy atom. The van der Waals surface area contributed by atoms with Gasteiger partial charge in [-0.25, -0.2) is 4.79 Å². The molecule has 0 atom stereocenters. The lowest BCUT2D eigenvalue weighted by atomic mass is 10.3. The van der Waals surface area contributed by atoms with Gasteiger partial charge in [0.05, 0.1) is 6.54 Å². The van der Waals surface area contributed by atoms with Gasteiger partial charge in [0.2, 0.25) is 0 Å². The first-order valence-electron chi connectivity index (χ1n) is 7.17. The van der Waals surface area contributed by atoms with Crippen molar-refractivity contribution in [1.82, 2.24) is 9.80 Å². The number of carbonyl (C=O) groups is 2. The molecule has 1 heterocycles. The highest BCUT2D eigenvalue weighted by atomic mass is 16.4. The van der Waals surface area contributed by atoms with E-state index in [0.717, 1.165) is 5.69 Å². The van der Waals surface area contributed by atoms with Crippen LogP contribution < -0.4 is 4.90 Å². The number of carboxylic acid groups (broad SMARTS) is 1. The van der Waals surface area contributed by atoms with Crippen LogP contribution in [-0.2, 0) is 4.79 Å². The molecule has 0 aliphatic carbocycles. The maximum atomic E-state index is 12.6. The van der Waals surface area contributed by atoms with Gasteiger partial charge in [-0.15, -0.1) is 0 Å². The van der Waals surface area contributed by atoms with Crippen LogP contribution >= 0.6 is 0 Å². The van der Waals surface area contributed by atoms with E-state index in [4.69, 9.17) is 5.11 Å². The maximum Gasteiger partial charge on any atom is 0.324 e. The number of hydrogen-bond acceptors (Lipinski definition) is 3. The number of nitrogens with zero attached hydrogens (tertiary/aromatic N) is 3. The highest BCUT2D eigenvalue weighted by Crippen LogP contribution is 2.16. The summed E-state index contributed by atoms with van der Waals surface area (Å²) in [5, 5.41) is 8.79. The van der Waals surface area contributed by atoms with Crippen LogP contribution in [0.1, 0.15) is 6.92 Å². The molecule has 1 fully saturated rings. The van der Waals surface area contributed by atoms with Gasteiger partial charge in [0.1, 0.15) is 0 Å². The van der Waals surface area contributed by atoms with Gasteiger partial charge in [-0.05, 0) is 19.1 Å². The number of carboxylic acids is 1. The molecule has 6 nitrogen and oxygen atoms in total. The third kappa shape index (κ3) is 3.95. The van der Waals surface area contributed by atoms with Gasteiger partial charge in [0.15, 0.2) is 0 Å². The summed E-state index contributed by atoms with van der Waals surface area (Å²) in [6.45, 7) is 4.93. The first kappa shape index (κ1) is 15.3. The number of rotatable bonds is 4. The average Bonchev–Trinajstić information content (AvgIpc) is 2.49. The van der Waals surface area contributed by atoms with E-state index in [1.54, 1.807) is 9.80 Å². The van der Waals surface area contributed by atoms with Crippen LogP contribution in [0.15, 0.2) is 30.3 Å². The second-order valence-corrected chi connectivity index (χ2v) is 5.02. The molecule has 1 aliphatic heterocycles. The smallest absolute Gasteiger partial charge is 0.324 e. The van der Waals surface area contributed by atoms with Gasteiger partial charge < -0.3 is 10.0 Å². The molecule has 114 valence electrons. The van der Waals surface area contributed by atoms with Crippen LogP contribution in [0.2, 0.25) is 0 Å². The molecular formula is C15H21N3O3. The Balaban J connectivity index is 1.96. The van der Waals surface area contributed by atoms with E-state index in [-0.39, 0.29) is 12.6 Å². The molecule has 0 saturated carbocycles. The van der Waals surface area contributed by atoms with Crippen LogP contribution in [0, 0.1) is 0 Å². The minimum Gasteiger partial charge on any atom is -0.480 e. The summed E-state index contributed by atoms with van der Waals surface area (Å²) in [4.78, 5) is 28.6. The van der Waals surface area contributed by atoms with Crippen molar-refractivity contribution < 1.29 is 14.7 Å². The summed E-state index contributed by atoms with van der Waals surface area (Å²) >= 11 is 0. The number of amides is 2. The van der Waals surface area contributed by atoms with Crippen molar-refractivity contribution in [3.8, 4) is 0 Å². The number of benzene rings is 1. The topological polar surface area (TPSA) is 64.1 Å². The maximum absolute atomic E-state index is 12.6. The van der Waals surface area contributed by atoms with E-state index in [9.17, 15) is 9.59 Å². The number of para-hydroxylation sites is 1. The normalized spacial score (nSPS) is 15.8. The number of aliphatic carboxylic acids is 1. The fourth-order valence-electron chi connectivity index (χ4n) is 2.50. The molecule has 0 radical (unpaired) electrons. The average molecular weight is 291 g/mol. The molecule has 0 bridgehead atoms. The van der Waals surface area contributed by atoms with Crippen molar-refractivity contribution >= 4 is 17.7 Å². The summed E-state index contributed by atoms with van der Waals surface area (Å²) in [5.74, 6) is -0.825.